The number of carbonyl (C=O) groups is 1. The third kappa shape index (κ3) is 5.62. The molecule has 0 aromatic heterocycles. The molecule has 5 nitrogen and oxygen atoms in total. The Bertz CT molecular complexity index is 785. The normalized spacial score (nSPS) is 10.8. The maximum Gasteiger partial charge on any atom is 0.244 e. The van der Waals surface area contributed by atoms with Gasteiger partial charge < -0.3 is 9.47 Å². The van der Waals surface area contributed by atoms with Crippen LogP contribution in [0.15, 0.2) is 41.5 Å². The van der Waals surface area contributed by atoms with Crippen LogP contribution in [0.1, 0.15) is 36.1 Å². The van der Waals surface area contributed by atoms with Crippen LogP contribution in [0.2, 0.25) is 0 Å². The minimum absolute atomic E-state index is 0.154. The molecule has 1 amide bonds. The Hall–Kier alpha value is -2.82. The summed E-state index contributed by atoms with van der Waals surface area (Å²) in [6.07, 6.45) is 1.88. The van der Waals surface area contributed by atoms with E-state index < -0.39 is 0 Å². The molecule has 2 aromatic rings. The molecule has 0 heterocycles. The van der Waals surface area contributed by atoms with Crippen molar-refractivity contribution in [1.82, 2.24) is 5.43 Å². The maximum atomic E-state index is 12.1. The van der Waals surface area contributed by atoms with Gasteiger partial charge in [0.05, 0.1) is 25.8 Å². The summed E-state index contributed by atoms with van der Waals surface area (Å²) in [4.78, 5) is 12.1. The first-order chi connectivity index (χ1) is 12.5. The third-order valence-electron chi connectivity index (χ3n) is 3.84. The van der Waals surface area contributed by atoms with E-state index in [-0.39, 0.29) is 5.91 Å². The smallest absolute Gasteiger partial charge is 0.244 e. The highest BCUT2D eigenvalue weighted by molar-refractivity contribution is 5.86. The van der Waals surface area contributed by atoms with Crippen LogP contribution in [-0.2, 0) is 11.2 Å². The van der Waals surface area contributed by atoms with Crippen LogP contribution in [-0.4, -0.2) is 25.3 Å². The molecule has 0 atom stereocenters. The van der Waals surface area contributed by atoms with Gasteiger partial charge in [-0.25, -0.2) is 5.43 Å². The summed E-state index contributed by atoms with van der Waals surface area (Å²) in [5, 5.41) is 4.06. The van der Waals surface area contributed by atoms with Gasteiger partial charge in [0.15, 0.2) is 0 Å². The Labute approximate surface area is 155 Å². The summed E-state index contributed by atoms with van der Waals surface area (Å²) in [7, 11) is 0. The van der Waals surface area contributed by atoms with Crippen LogP contribution in [0.3, 0.4) is 0 Å². The molecule has 26 heavy (non-hydrogen) atoms. The second kappa shape index (κ2) is 9.61. The standard InChI is InChI=1S/C21H26N2O3/c1-5-25-19-10-9-17(20(13-19)26-6-2)14-22-23-21(24)12-18-11-15(3)7-8-16(18)4/h7-11,13-14H,5-6,12H2,1-4H3,(H,23,24)/b22-14+. The van der Waals surface area contributed by atoms with Crippen LogP contribution in [0, 0.1) is 13.8 Å². The number of ether oxygens (including phenoxy) is 2. The molecular weight excluding hydrogens is 328 g/mol. The molecule has 0 fully saturated rings. The lowest BCUT2D eigenvalue weighted by Gasteiger charge is -2.10. The number of hydrogen-bond acceptors (Lipinski definition) is 4. The van der Waals surface area contributed by atoms with Gasteiger partial charge in [-0.2, -0.15) is 5.10 Å². The monoisotopic (exact) mass is 354 g/mol. The zero-order valence-electron chi connectivity index (χ0n) is 15.8. The van der Waals surface area contributed by atoms with E-state index in [2.05, 4.69) is 10.5 Å². The lowest BCUT2D eigenvalue weighted by molar-refractivity contribution is -0.120. The molecule has 0 bridgehead atoms. The summed E-state index contributed by atoms with van der Waals surface area (Å²) in [5.74, 6) is 1.26. The van der Waals surface area contributed by atoms with Crippen LogP contribution >= 0.6 is 0 Å². The van der Waals surface area contributed by atoms with Crippen molar-refractivity contribution < 1.29 is 14.3 Å². The number of hydrogen-bond donors (Lipinski definition) is 1. The van der Waals surface area contributed by atoms with Gasteiger partial charge in [-0.15, -0.1) is 0 Å². The van der Waals surface area contributed by atoms with E-state index >= 15 is 0 Å². The quantitative estimate of drug-likeness (QED) is 0.579. The zero-order valence-corrected chi connectivity index (χ0v) is 15.8. The van der Waals surface area contributed by atoms with Gasteiger partial charge in [-0.3, -0.25) is 4.79 Å². The number of benzene rings is 2. The lowest BCUT2D eigenvalue weighted by atomic mass is 10.0. The van der Waals surface area contributed by atoms with Crippen LogP contribution in [0.5, 0.6) is 11.5 Å². The fourth-order valence-corrected chi connectivity index (χ4v) is 2.54. The average Bonchev–Trinajstić information content (AvgIpc) is 2.60. The van der Waals surface area contributed by atoms with Gasteiger partial charge in [0.1, 0.15) is 11.5 Å². The van der Waals surface area contributed by atoms with E-state index in [1.54, 1.807) is 6.21 Å². The van der Waals surface area contributed by atoms with E-state index in [9.17, 15) is 4.79 Å². The van der Waals surface area contributed by atoms with Gasteiger partial charge in [0.2, 0.25) is 5.91 Å². The molecule has 1 N–H and O–H groups in total. The van der Waals surface area contributed by atoms with Crippen molar-refractivity contribution in [1.29, 1.82) is 0 Å². The average molecular weight is 354 g/mol. The first-order valence-electron chi connectivity index (χ1n) is 8.81. The SMILES string of the molecule is CCOc1ccc(/C=N/NC(=O)Cc2cc(C)ccc2C)c(OCC)c1. The highest BCUT2D eigenvalue weighted by atomic mass is 16.5. The van der Waals surface area contributed by atoms with E-state index in [1.165, 1.54) is 0 Å². The van der Waals surface area contributed by atoms with E-state index in [0.29, 0.717) is 25.4 Å². The molecule has 0 radical (unpaired) electrons. The number of rotatable bonds is 8. The topological polar surface area (TPSA) is 59.9 Å². The molecule has 2 aromatic carbocycles. The van der Waals surface area contributed by atoms with E-state index in [0.717, 1.165) is 28.0 Å². The summed E-state index contributed by atoms with van der Waals surface area (Å²) >= 11 is 0. The lowest BCUT2D eigenvalue weighted by Crippen LogP contribution is -2.20. The second-order valence-corrected chi connectivity index (χ2v) is 5.97. The fraction of sp³-hybridized carbons (Fsp3) is 0.333. The summed E-state index contributed by atoms with van der Waals surface area (Å²) in [5.41, 5.74) is 6.60. The second-order valence-electron chi connectivity index (χ2n) is 5.97. The van der Waals surface area contributed by atoms with Crippen molar-refractivity contribution in [2.24, 2.45) is 5.10 Å². The van der Waals surface area contributed by atoms with Gasteiger partial charge in [-0.05, 0) is 51.0 Å². The minimum Gasteiger partial charge on any atom is -0.494 e. The van der Waals surface area contributed by atoms with Crippen molar-refractivity contribution in [3.05, 3.63) is 58.7 Å². The summed E-state index contributed by atoms with van der Waals surface area (Å²) in [6, 6.07) is 11.6. The number of amides is 1. The first-order valence-corrected chi connectivity index (χ1v) is 8.81. The van der Waals surface area contributed by atoms with E-state index in [1.807, 2.05) is 64.1 Å². The van der Waals surface area contributed by atoms with Crippen molar-refractivity contribution in [3.8, 4) is 11.5 Å². The fourth-order valence-electron chi connectivity index (χ4n) is 2.54. The van der Waals surface area contributed by atoms with Gasteiger partial charge in [0, 0.05) is 11.6 Å². The maximum absolute atomic E-state index is 12.1. The Morgan fingerprint density at radius 2 is 1.85 bits per heavy atom. The van der Waals surface area contributed by atoms with Crippen molar-refractivity contribution in [2.45, 2.75) is 34.1 Å². The molecule has 2 rings (SSSR count). The molecule has 0 saturated carbocycles. The number of hydrazone groups is 1. The highest BCUT2D eigenvalue weighted by Crippen LogP contribution is 2.24. The Morgan fingerprint density at radius 3 is 2.58 bits per heavy atom. The minimum atomic E-state index is -0.154. The predicted octanol–water partition coefficient (Wildman–Crippen LogP) is 3.79. The highest BCUT2D eigenvalue weighted by Gasteiger charge is 2.07. The van der Waals surface area contributed by atoms with Crippen LogP contribution in [0.4, 0.5) is 0 Å². The van der Waals surface area contributed by atoms with Gasteiger partial charge >= 0.3 is 0 Å². The van der Waals surface area contributed by atoms with Crippen molar-refractivity contribution in [2.75, 3.05) is 13.2 Å². The van der Waals surface area contributed by atoms with Gasteiger partial charge in [-0.1, -0.05) is 23.8 Å². The van der Waals surface area contributed by atoms with E-state index in [4.69, 9.17) is 9.47 Å². The molecule has 0 aliphatic heterocycles. The summed E-state index contributed by atoms with van der Waals surface area (Å²) in [6.45, 7) is 8.99. The molecule has 0 unspecified atom stereocenters. The molecule has 0 aliphatic carbocycles. The molecule has 0 aliphatic rings. The molecule has 0 saturated heterocycles. The third-order valence-corrected chi connectivity index (χ3v) is 3.84. The van der Waals surface area contributed by atoms with Crippen LogP contribution in [0.25, 0.3) is 0 Å². The van der Waals surface area contributed by atoms with Crippen molar-refractivity contribution in [3.63, 3.8) is 0 Å². The van der Waals surface area contributed by atoms with Crippen LogP contribution < -0.4 is 14.9 Å². The molecule has 5 heteroatoms. The predicted molar refractivity (Wildman–Crippen MR) is 104 cm³/mol. The Morgan fingerprint density at radius 1 is 1.08 bits per heavy atom. The molecule has 138 valence electrons. The molecular formula is C21H26N2O3. The molecule has 0 spiro atoms. The van der Waals surface area contributed by atoms with Crippen molar-refractivity contribution >= 4 is 12.1 Å². The van der Waals surface area contributed by atoms with Gasteiger partial charge in [0.25, 0.3) is 0 Å². The largest absolute Gasteiger partial charge is 0.494 e. The Kier molecular flexibility index (Phi) is 7.21. The number of nitrogens with zero attached hydrogens (tertiary/aromatic N) is 1. The summed E-state index contributed by atoms with van der Waals surface area (Å²) < 4.78 is 11.1. The first kappa shape index (κ1) is 19.5. The zero-order chi connectivity index (χ0) is 18.9. The Balaban J connectivity index is 2.02. The number of carbonyl (C=O) groups excluding carboxylic acids is 1. The number of aryl methyl sites for hydroxylation is 2. The number of nitrogens with one attached hydrogen (secondary N) is 1.